The Morgan fingerprint density at radius 3 is 2.74 bits per heavy atom. The van der Waals surface area contributed by atoms with Crippen molar-refractivity contribution in [3.05, 3.63) is 84.6 Å². The Kier molecular flexibility index (Phi) is 5.51. The van der Waals surface area contributed by atoms with Crippen molar-refractivity contribution < 1.29 is 4.79 Å². The van der Waals surface area contributed by atoms with Crippen molar-refractivity contribution in [2.75, 3.05) is 24.3 Å². The van der Waals surface area contributed by atoms with Gasteiger partial charge in [-0.2, -0.15) is 10.2 Å². The summed E-state index contributed by atoms with van der Waals surface area (Å²) < 4.78 is 3.47. The molecule has 0 radical (unpaired) electrons. The Bertz CT molecular complexity index is 1480. The number of hydrogen-bond donors (Lipinski definition) is 1. The third kappa shape index (κ3) is 4.36. The largest absolute Gasteiger partial charge is 0.378 e. The van der Waals surface area contributed by atoms with Crippen molar-refractivity contribution in [3.63, 3.8) is 0 Å². The zero-order valence-electron chi connectivity index (χ0n) is 19.2. The lowest BCUT2D eigenvalue weighted by molar-refractivity contribution is -0.115. The van der Waals surface area contributed by atoms with Crippen LogP contribution >= 0.6 is 0 Å². The van der Waals surface area contributed by atoms with Gasteiger partial charge in [0, 0.05) is 42.9 Å². The summed E-state index contributed by atoms with van der Waals surface area (Å²) in [4.78, 5) is 23.7. The fourth-order valence-electron chi connectivity index (χ4n) is 3.74. The molecule has 0 aliphatic carbocycles. The average molecular weight is 453 g/mol. The topological polar surface area (TPSA) is 93.2 Å². The molecule has 0 atom stereocenters. The summed E-state index contributed by atoms with van der Waals surface area (Å²) in [5.74, 6) is 0.537. The fraction of sp³-hybridized carbons (Fsp3) is 0.160. The summed E-state index contributed by atoms with van der Waals surface area (Å²) in [6, 6.07) is 19.3. The Balaban J connectivity index is 1.47. The van der Waals surface area contributed by atoms with Gasteiger partial charge >= 0.3 is 0 Å². The molecule has 4 aromatic heterocycles. The van der Waals surface area contributed by atoms with Crippen molar-refractivity contribution in [3.8, 4) is 17.1 Å². The van der Waals surface area contributed by atoms with Gasteiger partial charge in [0.25, 0.3) is 0 Å². The summed E-state index contributed by atoms with van der Waals surface area (Å²) in [7, 11) is 3.93. The summed E-state index contributed by atoms with van der Waals surface area (Å²) in [5, 5.41) is 11.9. The first kappa shape index (κ1) is 21.3. The Morgan fingerprint density at radius 2 is 1.91 bits per heavy atom. The average Bonchev–Trinajstić information content (AvgIpc) is 3.45. The zero-order valence-corrected chi connectivity index (χ0v) is 19.2. The number of carbonyl (C=O) groups is 1. The van der Waals surface area contributed by atoms with Gasteiger partial charge in [0.05, 0.1) is 17.8 Å². The molecule has 34 heavy (non-hydrogen) atoms. The number of hydrogen-bond acceptors (Lipinski definition) is 6. The van der Waals surface area contributed by atoms with Gasteiger partial charge < -0.3 is 10.2 Å². The summed E-state index contributed by atoms with van der Waals surface area (Å²) in [6.07, 6.45) is 3.53. The molecule has 0 saturated heterocycles. The molecule has 0 bridgehead atoms. The first-order valence-electron chi connectivity index (χ1n) is 10.9. The van der Waals surface area contributed by atoms with Gasteiger partial charge in [0.2, 0.25) is 5.91 Å². The second-order valence-corrected chi connectivity index (χ2v) is 8.22. The number of benzene rings is 1. The van der Waals surface area contributed by atoms with E-state index in [-0.39, 0.29) is 12.3 Å². The van der Waals surface area contributed by atoms with Crippen molar-refractivity contribution in [1.82, 2.24) is 29.4 Å². The van der Waals surface area contributed by atoms with Gasteiger partial charge in [-0.3, -0.25) is 4.79 Å². The highest BCUT2D eigenvalue weighted by Crippen LogP contribution is 2.24. The van der Waals surface area contributed by atoms with Gasteiger partial charge in [0.15, 0.2) is 11.5 Å². The van der Waals surface area contributed by atoms with Crippen LogP contribution in [-0.2, 0) is 11.2 Å². The van der Waals surface area contributed by atoms with Gasteiger partial charge in [0.1, 0.15) is 6.33 Å². The third-order valence-corrected chi connectivity index (χ3v) is 5.41. The lowest BCUT2D eigenvalue weighted by Gasteiger charge is -2.13. The number of amides is 1. The maximum atomic E-state index is 12.8. The molecule has 0 aliphatic rings. The molecule has 170 valence electrons. The molecule has 1 N–H and O–H groups in total. The van der Waals surface area contributed by atoms with Crippen molar-refractivity contribution in [1.29, 1.82) is 0 Å². The maximum Gasteiger partial charge on any atom is 0.230 e. The molecular formula is C25H24N8O. The minimum atomic E-state index is -0.143. The number of carbonyl (C=O) groups excluding carboxylic acids is 1. The Morgan fingerprint density at radius 1 is 1.06 bits per heavy atom. The van der Waals surface area contributed by atoms with E-state index in [0.717, 1.165) is 34.0 Å². The zero-order chi connectivity index (χ0) is 23.7. The van der Waals surface area contributed by atoms with Crippen molar-refractivity contribution in [2.45, 2.75) is 13.3 Å². The number of rotatable bonds is 6. The number of nitrogens with one attached hydrogen (secondary N) is 1. The molecule has 1 aromatic carbocycles. The highest BCUT2D eigenvalue weighted by atomic mass is 16.1. The number of aromatic nitrogens is 6. The summed E-state index contributed by atoms with van der Waals surface area (Å²) in [6.45, 7) is 1.93. The second kappa shape index (κ2) is 8.78. The molecule has 1 amide bonds. The van der Waals surface area contributed by atoms with Crippen LogP contribution in [0, 0.1) is 6.92 Å². The first-order chi connectivity index (χ1) is 16.5. The molecule has 0 unspecified atom stereocenters. The minimum Gasteiger partial charge on any atom is -0.378 e. The van der Waals surface area contributed by atoms with E-state index in [1.165, 1.54) is 6.33 Å². The SMILES string of the molecule is Cc1cccc(-n2nc(CC(=O)Nc3cccc(N(C)C)c3)cc2-c2ccc3ncnn3c2)n1. The van der Waals surface area contributed by atoms with Crippen molar-refractivity contribution >= 4 is 22.9 Å². The molecule has 9 nitrogen and oxygen atoms in total. The van der Waals surface area contributed by atoms with E-state index in [9.17, 15) is 4.79 Å². The van der Waals surface area contributed by atoms with E-state index in [1.54, 1.807) is 9.20 Å². The monoisotopic (exact) mass is 452 g/mol. The van der Waals surface area contributed by atoms with E-state index in [2.05, 4.69) is 20.4 Å². The van der Waals surface area contributed by atoms with E-state index in [4.69, 9.17) is 5.10 Å². The molecule has 0 aliphatic heterocycles. The highest BCUT2D eigenvalue weighted by Gasteiger charge is 2.16. The van der Waals surface area contributed by atoms with Crippen LogP contribution in [-0.4, -0.2) is 49.4 Å². The van der Waals surface area contributed by atoms with E-state index >= 15 is 0 Å². The molecule has 5 aromatic rings. The summed E-state index contributed by atoms with van der Waals surface area (Å²) >= 11 is 0. The van der Waals surface area contributed by atoms with Crippen LogP contribution in [0.1, 0.15) is 11.4 Å². The molecular weight excluding hydrogens is 428 g/mol. The predicted octanol–water partition coefficient (Wildman–Crippen LogP) is 3.53. The fourth-order valence-corrected chi connectivity index (χ4v) is 3.74. The smallest absolute Gasteiger partial charge is 0.230 e. The highest BCUT2D eigenvalue weighted by molar-refractivity contribution is 5.92. The lowest BCUT2D eigenvalue weighted by atomic mass is 10.1. The first-order valence-corrected chi connectivity index (χ1v) is 10.9. The maximum absolute atomic E-state index is 12.8. The quantitative estimate of drug-likeness (QED) is 0.424. The van der Waals surface area contributed by atoms with Crippen LogP contribution in [0.5, 0.6) is 0 Å². The Labute approximate surface area is 196 Å². The third-order valence-electron chi connectivity index (χ3n) is 5.41. The summed E-state index contributed by atoms with van der Waals surface area (Å²) in [5.41, 5.74) is 5.73. The number of aryl methyl sites for hydroxylation is 1. The minimum absolute atomic E-state index is 0.129. The number of anilines is 2. The predicted molar refractivity (Wildman–Crippen MR) is 131 cm³/mol. The van der Waals surface area contributed by atoms with Gasteiger partial charge in [-0.1, -0.05) is 12.1 Å². The number of pyridine rings is 2. The van der Waals surface area contributed by atoms with E-state index in [1.807, 2.05) is 92.8 Å². The molecule has 9 heteroatoms. The Hall–Kier alpha value is -4.53. The lowest BCUT2D eigenvalue weighted by Crippen LogP contribution is -2.16. The number of nitrogens with zero attached hydrogens (tertiary/aromatic N) is 7. The van der Waals surface area contributed by atoms with Crippen LogP contribution in [0.15, 0.2) is 73.2 Å². The molecule has 5 rings (SSSR count). The van der Waals surface area contributed by atoms with E-state index in [0.29, 0.717) is 11.5 Å². The van der Waals surface area contributed by atoms with Crippen LogP contribution in [0.25, 0.3) is 22.7 Å². The second-order valence-electron chi connectivity index (χ2n) is 8.22. The van der Waals surface area contributed by atoms with Crippen molar-refractivity contribution in [2.24, 2.45) is 0 Å². The standard InChI is InChI=1S/C25H24N8O/c1-17-6-4-9-24(28-17)33-22(18-10-11-23-26-16-27-32(23)15-18)13-20(30-33)14-25(34)29-19-7-5-8-21(12-19)31(2)3/h4-13,15-16H,14H2,1-3H3,(H,29,34). The van der Waals surface area contributed by atoms with Crippen LogP contribution in [0.2, 0.25) is 0 Å². The van der Waals surface area contributed by atoms with Crippen LogP contribution in [0.3, 0.4) is 0 Å². The van der Waals surface area contributed by atoms with Crippen LogP contribution in [0.4, 0.5) is 11.4 Å². The molecule has 4 heterocycles. The molecule has 0 saturated carbocycles. The van der Waals surface area contributed by atoms with Gasteiger partial charge in [-0.15, -0.1) is 0 Å². The van der Waals surface area contributed by atoms with Gasteiger partial charge in [-0.05, 0) is 55.5 Å². The molecule has 0 fully saturated rings. The molecule has 0 spiro atoms. The number of fused-ring (bicyclic) bond motifs is 1. The van der Waals surface area contributed by atoms with Crippen LogP contribution < -0.4 is 10.2 Å². The normalized spacial score (nSPS) is 11.0. The van der Waals surface area contributed by atoms with Gasteiger partial charge in [-0.25, -0.2) is 19.2 Å². The van der Waals surface area contributed by atoms with E-state index < -0.39 is 0 Å².